The first-order chi connectivity index (χ1) is 13.2. The van der Waals surface area contributed by atoms with Crippen molar-refractivity contribution in [2.24, 2.45) is 0 Å². The average molecular weight is 386 g/mol. The minimum absolute atomic E-state index is 0.110. The van der Waals surface area contributed by atoms with Gasteiger partial charge in [0.05, 0.1) is 25.9 Å². The summed E-state index contributed by atoms with van der Waals surface area (Å²) in [6.07, 6.45) is 0. The monoisotopic (exact) mass is 385 g/mol. The van der Waals surface area contributed by atoms with Crippen molar-refractivity contribution in [3.05, 3.63) is 54.1 Å². The molecule has 2 aromatic carbocycles. The number of benzene rings is 2. The molecule has 5 nitrogen and oxygen atoms in total. The van der Waals surface area contributed by atoms with Gasteiger partial charge in [0.2, 0.25) is 0 Å². The molecule has 1 heterocycles. The van der Waals surface area contributed by atoms with E-state index in [0.717, 1.165) is 37.7 Å². The maximum Gasteiger partial charge on any atom is 0.171 e. The van der Waals surface area contributed by atoms with Gasteiger partial charge in [-0.15, -0.1) is 0 Å². The Morgan fingerprint density at radius 3 is 2.63 bits per heavy atom. The molecule has 0 aromatic heterocycles. The molecule has 2 N–H and O–H groups in total. The fraction of sp³-hybridized carbons (Fsp3) is 0.381. The fourth-order valence-corrected chi connectivity index (χ4v) is 3.37. The largest absolute Gasteiger partial charge is 0.494 e. The van der Waals surface area contributed by atoms with Crippen molar-refractivity contribution in [2.45, 2.75) is 19.9 Å². The lowest BCUT2D eigenvalue weighted by Crippen LogP contribution is -2.36. The molecule has 2 aromatic rings. The lowest BCUT2D eigenvalue weighted by atomic mass is 10.1. The molecular formula is C21H27N3O2S. The molecule has 0 amide bonds. The molecule has 1 aliphatic heterocycles. The standard InChI is InChI=1S/C21H27N3O2S/c1-3-26-20-6-4-5-18(15-20)23-21(27)22-16(2)17-7-9-19(10-8-17)24-11-13-25-14-12-24/h4-10,15-16H,3,11-14H2,1-2H3,(H2,22,23,27)/t16-/m1/s1. The molecule has 144 valence electrons. The lowest BCUT2D eigenvalue weighted by Gasteiger charge is -2.29. The highest BCUT2D eigenvalue weighted by atomic mass is 32.1. The van der Waals surface area contributed by atoms with E-state index in [9.17, 15) is 0 Å². The minimum Gasteiger partial charge on any atom is -0.494 e. The van der Waals surface area contributed by atoms with Crippen molar-refractivity contribution in [1.29, 1.82) is 0 Å². The Kier molecular flexibility index (Phi) is 6.90. The predicted octanol–water partition coefficient (Wildman–Crippen LogP) is 3.97. The molecule has 0 spiro atoms. The summed E-state index contributed by atoms with van der Waals surface area (Å²) >= 11 is 5.46. The highest BCUT2D eigenvalue weighted by Gasteiger charge is 2.12. The fourth-order valence-electron chi connectivity index (χ4n) is 3.07. The summed E-state index contributed by atoms with van der Waals surface area (Å²) in [6, 6.07) is 16.5. The first kappa shape index (κ1) is 19.5. The summed E-state index contributed by atoms with van der Waals surface area (Å²) in [6.45, 7) is 8.20. The van der Waals surface area contributed by atoms with Crippen LogP contribution in [0.25, 0.3) is 0 Å². The van der Waals surface area contributed by atoms with Gasteiger partial charge in [-0.1, -0.05) is 18.2 Å². The van der Waals surface area contributed by atoms with Gasteiger partial charge in [-0.05, 0) is 55.9 Å². The number of morpholine rings is 1. The molecule has 1 saturated heterocycles. The van der Waals surface area contributed by atoms with E-state index in [2.05, 4.69) is 46.7 Å². The van der Waals surface area contributed by atoms with E-state index in [4.69, 9.17) is 21.7 Å². The van der Waals surface area contributed by atoms with Crippen molar-refractivity contribution in [1.82, 2.24) is 5.32 Å². The van der Waals surface area contributed by atoms with E-state index < -0.39 is 0 Å². The van der Waals surface area contributed by atoms with Crippen molar-refractivity contribution in [2.75, 3.05) is 43.1 Å². The number of thiocarbonyl (C=S) groups is 1. The van der Waals surface area contributed by atoms with Crippen LogP contribution in [0.1, 0.15) is 25.5 Å². The Balaban J connectivity index is 1.55. The minimum atomic E-state index is 0.110. The van der Waals surface area contributed by atoms with Crippen LogP contribution >= 0.6 is 12.2 Å². The van der Waals surface area contributed by atoms with E-state index in [1.54, 1.807) is 0 Å². The molecule has 0 bridgehead atoms. The highest BCUT2D eigenvalue weighted by molar-refractivity contribution is 7.80. The highest BCUT2D eigenvalue weighted by Crippen LogP contribution is 2.21. The Morgan fingerprint density at radius 2 is 1.93 bits per heavy atom. The van der Waals surface area contributed by atoms with Crippen LogP contribution in [0, 0.1) is 0 Å². The smallest absolute Gasteiger partial charge is 0.171 e. The van der Waals surface area contributed by atoms with E-state index in [0.29, 0.717) is 11.7 Å². The van der Waals surface area contributed by atoms with Gasteiger partial charge in [-0.3, -0.25) is 0 Å². The number of nitrogens with one attached hydrogen (secondary N) is 2. The quantitative estimate of drug-likeness (QED) is 0.734. The number of nitrogens with zero attached hydrogens (tertiary/aromatic N) is 1. The zero-order chi connectivity index (χ0) is 19.1. The van der Waals surface area contributed by atoms with Crippen LogP contribution in [-0.2, 0) is 4.74 Å². The van der Waals surface area contributed by atoms with Gasteiger partial charge in [0, 0.05) is 30.5 Å². The third-order valence-electron chi connectivity index (χ3n) is 4.52. The number of hydrogen-bond donors (Lipinski definition) is 2. The summed E-state index contributed by atoms with van der Waals surface area (Å²) in [5.74, 6) is 0.831. The summed E-state index contributed by atoms with van der Waals surface area (Å²) in [7, 11) is 0. The van der Waals surface area contributed by atoms with Crippen LogP contribution in [-0.4, -0.2) is 38.0 Å². The summed E-state index contributed by atoms with van der Waals surface area (Å²) < 4.78 is 10.9. The first-order valence-corrected chi connectivity index (χ1v) is 9.79. The third kappa shape index (κ3) is 5.58. The maximum atomic E-state index is 5.52. The SMILES string of the molecule is CCOc1cccc(NC(=S)N[C@H](C)c2ccc(N3CCOCC3)cc2)c1. The van der Waals surface area contributed by atoms with Crippen LogP contribution < -0.4 is 20.3 Å². The Morgan fingerprint density at radius 1 is 1.19 bits per heavy atom. The molecular weight excluding hydrogens is 358 g/mol. The number of ether oxygens (including phenoxy) is 2. The summed E-state index contributed by atoms with van der Waals surface area (Å²) in [5, 5.41) is 7.15. The van der Waals surface area contributed by atoms with Crippen molar-refractivity contribution in [3.8, 4) is 5.75 Å². The zero-order valence-corrected chi connectivity index (χ0v) is 16.7. The van der Waals surface area contributed by atoms with Gasteiger partial charge in [-0.2, -0.15) is 0 Å². The van der Waals surface area contributed by atoms with Crippen LogP contribution in [0.5, 0.6) is 5.75 Å². The zero-order valence-electron chi connectivity index (χ0n) is 15.9. The molecule has 1 atom stereocenters. The van der Waals surface area contributed by atoms with Gasteiger partial charge in [0.15, 0.2) is 5.11 Å². The average Bonchev–Trinajstić information content (AvgIpc) is 2.69. The van der Waals surface area contributed by atoms with Gasteiger partial charge >= 0.3 is 0 Å². The van der Waals surface area contributed by atoms with Gasteiger partial charge < -0.3 is 25.0 Å². The molecule has 1 fully saturated rings. The second-order valence-electron chi connectivity index (χ2n) is 6.47. The molecule has 0 aliphatic carbocycles. The van der Waals surface area contributed by atoms with Crippen molar-refractivity contribution >= 4 is 28.7 Å². The van der Waals surface area contributed by atoms with Crippen LogP contribution in [0.15, 0.2) is 48.5 Å². The van der Waals surface area contributed by atoms with E-state index in [1.807, 2.05) is 31.2 Å². The molecule has 6 heteroatoms. The van der Waals surface area contributed by atoms with E-state index >= 15 is 0 Å². The number of hydrogen-bond acceptors (Lipinski definition) is 4. The van der Waals surface area contributed by atoms with Gasteiger partial charge in [0.25, 0.3) is 0 Å². The first-order valence-electron chi connectivity index (χ1n) is 9.38. The maximum absolute atomic E-state index is 5.52. The normalized spacial score (nSPS) is 15.1. The topological polar surface area (TPSA) is 45.8 Å². The molecule has 3 rings (SSSR count). The second-order valence-corrected chi connectivity index (χ2v) is 6.88. The third-order valence-corrected chi connectivity index (χ3v) is 4.74. The van der Waals surface area contributed by atoms with Crippen LogP contribution in [0.3, 0.4) is 0 Å². The Labute approximate surface area is 166 Å². The molecule has 27 heavy (non-hydrogen) atoms. The second kappa shape index (κ2) is 9.58. The molecule has 0 unspecified atom stereocenters. The molecule has 0 radical (unpaired) electrons. The van der Waals surface area contributed by atoms with E-state index in [-0.39, 0.29) is 6.04 Å². The molecule has 0 saturated carbocycles. The lowest BCUT2D eigenvalue weighted by molar-refractivity contribution is 0.122. The van der Waals surface area contributed by atoms with Crippen LogP contribution in [0.2, 0.25) is 0 Å². The summed E-state index contributed by atoms with van der Waals surface area (Å²) in [5.41, 5.74) is 3.34. The molecule has 1 aliphatic rings. The summed E-state index contributed by atoms with van der Waals surface area (Å²) in [4.78, 5) is 2.35. The van der Waals surface area contributed by atoms with Gasteiger partial charge in [0.1, 0.15) is 5.75 Å². The predicted molar refractivity (Wildman–Crippen MR) is 115 cm³/mol. The number of anilines is 2. The van der Waals surface area contributed by atoms with Crippen molar-refractivity contribution < 1.29 is 9.47 Å². The van der Waals surface area contributed by atoms with Gasteiger partial charge in [-0.25, -0.2) is 0 Å². The van der Waals surface area contributed by atoms with Crippen LogP contribution in [0.4, 0.5) is 11.4 Å². The Bertz CT molecular complexity index is 745. The van der Waals surface area contributed by atoms with E-state index in [1.165, 1.54) is 11.3 Å². The Hall–Kier alpha value is -2.31. The number of rotatable bonds is 6. The van der Waals surface area contributed by atoms with Crippen molar-refractivity contribution in [3.63, 3.8) is 0 Å².